The molecule has 21 heavy (non-hydrogen) atoms. The summed E-state index contributed by atoms with van der Waals surface area (Å²) in [6.07, 6.45) is 3.48. The molecule has 1 aliphatic rings. The van der Waals surface area contributed by atoms with Crippen LogP contribution in [0.2, 0.25) is 0 Å². The van der Waals surface area contributed by atoms with Gasteiger partial charge in [-0.3, -0.25) is 9.59 Å². The highest BCUT2D eigenvalue weighted by Crippen LogP contribution is 2.24. The van der Waals surface area contributed by atoms with Crippen LogP contribution in [-0.2, 0) is 11.3 Å². The molecule has 0 spiro atoms. The van der Waals surface area contributed by atoms with Crippen LogP contribution in [-0.4, -0.2) is 30.1 Å². The third kappa shape index (κ3) is 4.29. The highest BCUT2D eigenvalue weighted by molar-refractivity contribution is 5.93. The minimum atomic E-state index is -0.684. The number of aliphatic carboxylic acids is 1. The Morgan fingerprint density at radius 1 is 1.24 bits per heavy atom. The predicted molar refractivity (Wildman–Crippen MR) is 80.1 cm³/mol. The molecule has 1 amide bonds. The van der Waals surface area contributed by atoms with Gasteiger partial charge in [0.1, 0.15) is 0 Å². The van der Waals surface area contributed by atoms with E-state index >= 15 is 0 Å². The zero-order valence-corrected chi connectivity index (χ0v) is 12.3. The number of benzene rings is 1. The van der Waals surface area contributed by atoms with Crippen molar-refractivity contribution in [3.63, 3.8) is 0 Å². The van der Waals surface area contributed by atoms with Crippen molar-refractivity contribution in [2.45, 2.75) is 38.3 Å². The maximum atomic E-state index is 11.4. The molecule has 1 fully saturated rings. The largest absolute Gasteiger partial charge is 0.481 e. The van der Waals surface area contributed by atoms with Gasteiger partial charge in [-0.05, 0) is 37.0 Å². The molecule has 2 unspecified atom stereocenters. The van der Waals surface area contributed by atoms with Crippen molar-refractivity contribution in [3.05, 3.63) is 35.4 Å². The minimum absolute atomic E-state index is 0.0916. The van der Waals surface area contributed by atoms with Gasteiger partial charge in [-0.2, -0.15) is 0 Å². The van der Waals surface area contributed by atoms with E-state index in [1.165, 1.54) is 0 Å². The van der Waals surface area contributed by atoms with Crippen molar-refractivity contribution in [1.29, 1.82) is 0 Å². The average Bonchev–Trinajstić information content (AvgIpc) is 2.53. The minimum Gasteiger partial charge on any atom is -0.481 e. The van der Waals surface area contributed by atoms with Crippen LogP contribution >= 0.6 is 0 Å². The normalized spacial score (nSPS) is 21.8. The van der Waals surface area contributed by atoms with Crippen molar-refractivity contribution < 1.29 is 14.7 Å². The van der Waals surface area contributed by atoms with Gasteiger partial charge in [0.05, 0.1) is 5.92 Å². The summed E-state index contributed by atoms with van der Waals surface area (Å²) < 4.78 is 0. The number of hydrogen-bond acceptors (Lipinski definition) is 3. The summed E-state index contributed by atoms with van der Waals surface area (Å²) >= 11 is 0. The summed E-state index contributed by atoms with van der Waals surface area (Å²) in [5, 5.41) is 15.1. The van der Waals surface area contributed by atoms with Crippen LogP contribution in [0.3, 0.4) is 0 Å². The summed E-state index contributed by atoms with van der Waals surface area (Å²) in [5.41, 5.74) is 1.74. The van der Waals surface area contributed by atoms with Crippen LogP contribution in [0.4, 0.5) is 0 Å². The quantitative estimate of drug-likeness (QED) is 0.772. The molecule has 0 saturated heterocycles. The summed E-state index contributed by atoms with van der Waals surface area (Å²) in [4.78, 5) is 22.5. The van der Waals surface area contributed by atoms with Gasteiger partial charge >= 0.3 is 5.97 Å². The number of carbonyl (C=O) groups is 2. The van der Waals surface area contributed by atoms with Crippen LogP contribution in [0.5, 0.6) is 0 Å². The van der Waals surface area contributed by atoms with E-state index < -0.39 is 5.97 Å². The van der Waals surface area contributed by atoms with E-state index in [9.17, 15) is 9.59 Å². The molecule has 1 saturated carbocycles. The average molecular weight is 290 g/mol. The number of carbonyl (C=O) groups excluding carboxylic acids is 1. The first-order chi connectivity index (χ1) is 10.1. The van der Waals surface area contributed by atoms with Gasteiger partial charge < -0.3 is 15.7 Å². The molecule has 0 aromatic heterocycles. The van der Waals surface area contributed by atoms with Crippen LogP contribution in [0, 0.1) is 5.92 Å². The fraction of sp³-hybridized carbons (Fsp3) is 0.500. The van der Waals surface area contributed by atoms with Gasteiger partial charge in [0.15, 0.2) is 0 Å². The van der Waals surface area contributed by atoms with Gasteiger partial charge in [0, 0.05) is 25.2 Å². The van der Waals surface area contributed by atoms with Gasteiger partial charge in [0.2, 0.25) is 0 Å². The zero-order chi connectivity index (χ0) is 15.2. The molecule has 114 valence electrons. The Bertz CT molecular complexity index is 499. The first-order valence-corrected chi connectivity index (χ1v) is 7.37. The number of carboxylic acids is 1. The lowest BCUT2D eigenvalue weighted by atomic mass is 9.86. The number of hydrogen-bond donors (Lipinski definition) is 3. The molecule has 2 rings (SSSR count). The maximum Gasteiger partial charge on any atom is 0.306 e. The van der Waals surface area contributed by atoms with Gasteiger partial charge in [-0.1, -0.05) is 18.6 Å². The fourth-order valence-corrected chi connectivity index (χ4v) is 2.78. The van der Waals surface area contributed by atoms with Gasteiger partial charge in [-0.15, -0.1) is 0 Å². The van der Waals surface area contributed by atoms with E-state index in [0.29, 0.717) is 18.5 Å². The second-order valence-corrected chi connectivity index (χ2v) is 5.56. The third-order valence-corrected chi connectivity index (χ3v) is 4.06. The molecule has 1 aliphatic carbocycles. The maximum absolute atomic E-state index is 11.4. The molecule has 1 aromatic rings. The Kier molecular flexibility index (Phi) is 5.33. The molecule has 5 nitrogen and oxygen atoms in total. The summed E-state index contributed by atoms with van der Waals surface area (Å²) in [5.74, 6) is -0.991. The molecule has 0 aliphatic heterocycles. The smallest absolute Gasteiger partial charge is 0.306 e. The van der Waals surface area contributed by atoms with Crippen LogP contribution in [0.15, 0.2) is 24.3 Å². The van der Waals surface area contributed by atoms with Crippen LogP contribution in [0.1, 0.15) is 41.6 Å². The number of nitrogens with one attached hydrogen (secondary N) is 2. The summed E-state index contributed by atoms with van der Waals surface area (Å²) in [7, 11) is 1.61. The monoisotopic (exact) mass is 290 g/mol. The highest BCUT2D eigenvalue weighted by Gasteiger charge is 2.26. The Hall–Kier alpha value is -1.88. The van der Waals surface area contributed by atoms with Crippen molar-refractivity contribution in [2.24, 2.45) is 5.92 Å². The number of amides is 1. The van der Waals surface area contributed by atoms with E-state index in [1.807, 2.05) is 12.1 Å². The van der Waals surface area contributed by atoms with Gasteiger partial charge in [-0.25, -0.2) is 0 Å². The molecule has 5 heteroatoms. The van der Waals surface area contributed by atoms with E-state index in [4.69, 9.17) is 5.11 Å². The molecule has 0 bridgehead atoms. The molecular weight excluding hydrogens is 268 g/mol. The SMILES string of the molecule is CNC(=O)c1ccc(CNC2CCCC(C(=O)O)C2)cc1. The lowest BCUT2D eigenvalue weighted by Crippen LogP contribution is -2.36. The van der Waals surface area contributed by atoms with E-state index in [1.54, 1.807) is 19.2 Å². The van der Waals surface area contributed by atoms with Crippen molar-refractivity contribution >= 4 is 11.9 Å². The summed E-state index contributed by atoms with van der Waals surface area (Å²) in [6.45, 7) is 0.699. The first-order valence-electron chi connectivity index (χ1n) is 7.37. The standard InChI is InChI=1S/C16H22N2O3/c1-17-15(19)12-7-5-11(6-8-12)10-18-14-4-2-3-13(9-14)16(20)21/h5-8,13-14,18H,2-4,9-10H2,1H3,(H,17,19)(H,20,21). The lowest BCUT2D eigenvalue weighted by molar-refractivity contribution is -0.143. The molecule has 0 radical (unpaired) electrons. The van der Waals surface area contributed by atoms with Crippen LogP contribution in [0.25, 0.3) is 0 Å². The van der Waals surface area contributed by atoms with E-state index in [0.717, 1.165) is 24.8 Å². The number of carboxylic acid groups (broad SMARTS) is 1. The molecule has 0 heterocycles. The van der Waals surface area contributed by atoms with Crippen molar-refractivity contribution in [1.82, 2.24) is 10.6 Å². The zero-order valence-electron chi connectivity index (χ0n) is 12.3. The lowest BCUT2D eigenvalue weighted by Gasteiger charge is -2.27. The Morgan fingerprint density at radius 2 is 1.95 bits per heavy atom. The second-order valence-electron chi connectivity index (χ2n) is 5.56. The second kappa shape index (κ2) is 7.22. The first kappa shape index (κ1) is 15.5. The topological polar surface area (TPSA) is 78.4 Å². The molecule has 1 aromatic carbocycles. The summed E-state index contributed by atoms with van der Waals surface area (Å²) in [6, 6.07) is 7.72. The molecular formula is C16H22N2O3. The van der Waals surface area contributed by atoms with Crippen LogP contribution < -0.4 is 10.6 Å². The fourth-order valence-electron chi connectivity index (χ4n) is 2.78. The molecule has 3 N–H and O–H groups in total. The predicted octanol–water partition coefficient (Wildman–Crippen LogP) is 1.78. The van der Waals surface area contributed by atoms with E-state index in [2.05, 4.69) is 10.6 Å². The Balaban J connectivity index is 1.85. The van der Waals surface area contributed by atoms with Crippen molar-refractivity contribution in [3.8, 4) is 0 Å². The number of rotatable bonds is 5. The van der Waals surface area contributed by atoms with Gasteiger partial charge in [0.25, 0.3) is 5.91 Å². The van der Waals surface area contributed by atoms with Crippen molar-refractivity contribution in [2.75, 3.05) is 7.05 Å². The van der Waals surface area contributed by atoms with E-state index in [-0.39, 0.29) is 17.9 Å². The Morgan fingerprint density at radius 3 is 2.57 bits per heavy atom. The highest BCUT2D eigenvalue weighted by atomic mass is 16.4. The Labute approximate surface area is 124 Å². The molecule has 2 atom stereocenters. The third-order valence-electron chi connectivity index (χ3n) is 4.06.